The van der Waals surface area contributed by atoms with Crippen molar-refractivity contribution in [3.8, 4) is 0 Å². The van der Waals surface area contributed by atoms with E-state index in [2.05, 4.69) is 13.2 Å². The average Bonchev–Trinajstić information content (AvgIpc) is 1.37. The van der Waals surface area contributed by atoms with E-state index in [-0.39, 0.29) is 34.8 Å². The Kier molecular flexibility index (Phi) is 47.6. The molecule has 0 saturated carbocycles. The molecule has 2 heteroatoms. The van der Waals surface area contributed by atoms with Crippen molar-refractivity contribution < 1.29 is 34.8 Å². The third kappa shape index (κ3) is 24.4. The molecule has 6 heavy (non-hydrogen) atoms. The minimum atomic E-state index is 0. The number of halogens is 1. The van der Waals surface area contributed by atoms with Crippen LogP contribution in [0.5, 0.6) is 0 Å². The molecule has 0 unspecified atom stereocenters. The molecule has 0 aliphatic heterocycles. The molecule has 0 rings (SSSR count). The average molecular weight is 197 g/mol. The van der Waals surface area contributed by atoms with Crippen LogP contribution >= 0.6 is 0 Å². The quantitative estimate of drug-likeness (QED) is 0.349. The van der Waals surface area contributed by atoms with Gasteiger partial charge in [-0.25, -0.2) is 0 Å². The van der Waals surface area contributed by atoms with Crippen molar-refractivity contribution in [2.24, 2.45) is 0 Å². The van der Waals surface area contributed by atoms with E-state index in [9.17, 15) is 0 Å². The fourth-order valence-corrected chi connectivity index (χ4v) is 0. The molecular weight excluding hydrogens is 191 g/mol. The van der Waals surface area contributed by atoms with E-state index in [4.69, 9.17) is 0 Å². The fraction of sp³-hybridized carbons (Fsp3) is 0. The van der Waals surface area contributed by atoms with Gasteiger partial charge in [-0.05, 0) is 0 Å². The molecule has 0 amide bonds. The maximum Gasteiger partial charge on any atom is 1.00 e. The van der Waals surface area contributed by atoms with Crippen LogP contribution in [0, 0.1) is 0 Å². The Morgan fingerprint density at radius 2 is 1.17 bits per heavy atom. The zero-order chi connectivity index (χ0) is 3.41. The van der Waals surface area contributed by atoms with Gasteiger partial charge in [0, 0.05) is 0 Å². The van der Waals surface area contributed by atoms with Gasteiger partial charge < -0.3 is 12.4 Å². The van der Waals surface area contributed by atoms with E-state index in [1.165, 1.54) is 0 Å². The minimum absolute atomic E-state index is 0. The van der Waals surface area contributed by atoms with E-state index >= 15 is 0 Å². The first-order chi connectivity index (χ1) is 1.91. The summed E-state index contributed by atoms with van der Waals surface area (Å²) in [5, 5.41) is 0. The fourth-order valence-electron chi connectivity index (χ4n) is 0. The van der Waals surface area contributed by atoms with E-state index in [1.807, 2.05) is 0 Å². The SMILES string of the molecule is C=CC=C.[Ag+].[Cl-]. The van der Waals surface area contributed by atoms with Crippen molar-refractivity contribution in [1.29, 1.82) is 0 Å². The monoisotopic (exact) mass is 196 g/mol. The molecule has 0 spiro atoms. The van der Waals surface area contributed by atoms with Gasteiger partial charge in [0.25, 0.3) is 0 Å². The Morgan fingerprint density at radius 1 is 1.00 bits per heavy atom. The summed E-state index contributed by atoms with van der Waals surface area (Å²) in [7, 11) is 0. The Morgan fingerprint density at radius 3 is 1.17 bits per heavy atom. The molecule has 0 aliphatic carbocycles. The summed E-state index contributed by atoms with van der Waals surface area (Å²) in [5.41, 5.74) is 0. The molecule has 0 fully saturated rings. The first kappa shape index (κ1) is 16.0. The summed E-state index contributed by atoms with van der Waals surface area (Å²) in [6.45, 7) is 6.72. The van der Waals surface area contributed by atoms with Crippen LogP contribution in [-0.4, -0.2) is 0 Å². The maximum absolute atomic E-state index is 3.36. The van der Waals surface area contributed by atoms with Gasteiger partial charge in [-0.3, -0.25) is 0 Å². The van der Waals surface area contributed by atoms with Crippen LogP contribution in [0.25, 0.3) is 0 Å². The third-order valence-corrected chi connectivity index (χ3v) is 0.167. The molecule has 0 saturated heterocycles. The summed E-state index contributed by atoms with van der Waals surface area (Å²) in [4.78, 5) is 0. The molecular formula is C4H6AgCl. The largest absolute Gasteiger partial charge is 1.00 e. The van der Waals surface area contributed by atoms with Gasteiger partial charge in [-0.15, -0.1) is 0 Å². The molecule has 0 aromatic heterocycles. The van der Waals surface area contributed by atoms with Crippen molar-refractivity contribution in [3.63, 3.8) is 0 Å². The summed E-state index contributed by atoms with van der Waals surface area (Å²) in [6.07, 6.45) is 3.28. The first-order valence-corrected chi connectivity index (χ1v) is 1.15. The first-order valence-electron chi connectivity index (χ1n) is 1.15. The van der Waals surface area contributed by atoms with Crippen molar-refractivity contribution in [2.75, 3.05) is 0 Å². The van der Waals surface area contributed by atoms with E-state index in [1.54, 1.807) is 12.2 Å². The standard InChI is InChI=1S/C4H6.Ag.ClH/c1-3-4-2;;/h3-4H,1-2H2;;1H/q;+1;/p-1. The van der Waals surface area contributed by atoms with Crippen LogP contribution in [0.15, 0.2) is 25.3 Å². The predicted octanol–water partition coefficient (Wildman–Crippen LogP) is -1.64. The van der Waals surface area contributed by atoms with E-state index in [0.29, 0.717) is 0 Å². The van der Waals surface area contributed by atoms with Gasteiger partial charge in [-0.2, -0.15) is 0 Å². The van der Waals surface area contributed by atoms with E-state index < -0.39 is 0 Å². The van der Waals surface area contributed by atoms with Crippen LogP contribution in [0.2, 0.25) is 0 Å². The van der Waals surface area contributed by atoms with Gasteiger partial charge in [0.1, 0.15) is 0 Å². The summed E-state index contributed by atoms with van der Waals surface area (Å²) < 4.78 is 0. The van der Waals surface area contributed by atoms with Crippen LogP contribution < -0.4 is 12.4 Å². The molecule has 0 aliphatic rings. The Labute approximate surface area is 60.2 Å². The number of allylic oxidation sites excluding steroid dienone is 2. The predicted molar refractivity (Wildman–Crippen MR) is 20.4 cm³/mol. The Hall–Kier alpha value is 0.510. The van der Waals surface area contributed by atoms with Gasteiger partial charge >= 0.3 is 22.4 Å². The number of rotatable bonds is 1. The van der Waals surface area contributed by atoms with Gasteiger partial charge in [0.05, 0.1) is 0 Å². The molecule has 0 atom stereocenters. The second-order valence-electron chi connectivity index (χ2n) is 0.471. The van der Waals surface area contributed by atoms with Crippen molar-refractivity contribution >= 4 is 0 Å². The maximum atomic E-state index is 3.36. The Bertz CT molecular complexity index is 28.5. The molecule has 0 radical (unpaired) electrons. The smallest absolute Gasteiger partial charge is 1.00 e. The second-order valence-corrected chi connectivity index (χ2v) is 0.471. The Balaban J connectivity index is -0.0000000450. The molecule has 0 nitrogen and oxygen atoms in total. The molecule has 0 bridgehead atoms. The van der Waals surface area contributed by atoms with Crippen molar-refractivity contribution in [3.05, 3.63) is 25.3 Å². The molecule has 0 N–H and O–H groups in total. The number of hydrogen-bond acceptors (Lipinski definition) is 0. The summed E-state index contributed by atoms with van der Waals surface area (Å²) in [6, 6.07) is 0. The summed E-state index contributed by atoms with van der Waals surface area (Å²) in [5.74, 6) is 0. The van der Waals surface area contributed by atoms with Crippen molar-refractivity contribution in [2.45, 2.75) is 0 Å². The van der Waals surface area contributed by atoms with Crippen molar-refractivity contribution in [1.82, 2.24) is 0 Å². The number of hydrogen-bond donors (Lipinski definition) is 0. The van der Waals surface area contributed by atoms with Gasteiger partial charge in [0.15, 0.2) is 0 Å². The van der Waals surface area contributed by atoms with E-state index in [0.717, 1.165) is 0 Å². The topological polar surface area (TPSA) is 0 Å². The van der Waals surface area contributed by atoms with Crippen LogP contribution in [0.4, 0.5) is 0 Å². The molecule has 0 heterocycles. The van der Waals surface area contributed by atoms with Gasteiger partial charge in [0.2, 0.25) is 0 Å². The third-order valence-electron chi connectivity index (χ3n) is 0.167. The normalized spacial score (nSPS) is 3.33. The van der Waals surface area contributed by atoms with Crippen LogP contribution in [-0.2, 0) is 22.4 Å². The molecule has 0 aromatic rings. The molecule has 0 aromatic carbocycles. The zero-order valence-electron chi connectivity index (χ0n) is 3.25. The van der Waals surface area contributed by atoms with Crippen LogP contribution in [0.3, 0.4) is 0 Å². The zero-order valence-corrected chi connectivity index (χ0v) is 5.49. The summed E-state index contributed by atoms with van der Waals surface area (Å²) >= 11 is 0. The van der Waals surface area contributed by atoms with Crippen LogP contribution in [0.1, 0.15) is 0 Å². The second kappa shape index (κ2) is 17.8. The van der Waals surface area contributed by atoms with Gasteiger partial charge in [-0.1, -0.05) is 25.3 Å². The molecule has 40 valence electrons. The minimum Gasteiger partial charge on any atom is -1.00 e.